The number of amides is 2. The van der Waals surface area contributed by atoms with E-state index in [9.17, 15) is 9.59 Å². The molecule has 0 fully saturated rings. The molecule has 7 heteroatoms. The molecule has 0 aliphatic rings. The molecule has 0 saturated carbocycles. The lowest BCUT2D eigenvalue weighted by molar-refractivity contribution is -0.123. The van der Waals surface area contributed by atoms with Crippen LogP contribution in [0.4, 0.5) is 0 Å². The van der Waals surface area contributed by atoms with Crippen LogP contribution in [-0.4, -0.2) is 18.4 Å². The summed E-state index contributed by atoms with van der Waals surface area (Å²) in [7, 11) is 0. The van der Waals surface area contributed by atoms with Gasteiger partial charge in [0.2, 0.25) is 5.91 Å². The third-order valence-corrected chi connectivity index (χ3v) is 4.38. The highest BCUT2D eigenvalue weighted by atomic mass is 79.9. The van der Waals surface area contributed by atoms with Crippen molar-refractivity contribution in [2.24, 2.45) is 5.73 Å². The fourth-order valence-electron chi connectivity index (χ4n) is 1.74. The largest absolute Gasteiger partial charge is 0.484 e. The maximum absolute atomic E-state index is 11.7. The van der Waals surface area contributed by atoms with E-state index in [0.717, 1.165) is 14.2 Å². The first kappa shape index (κ1) is 16.5. The molecule has 1 aromatic heterocycles. The number of hydrogen-bond acceptors (Lipinski definition) is 4. The second-order valence-electron chi connectivity index (χ2n) is 4.56. The number of carbonyl (C=O) groups excluding carboxylic acids is 2. The van der Waals surface area contributed by atoms with Gasteiger partial charge in [-0.15, -0.1) is 11.3 Å². The summed E-state index contributed by atoms with van der Waals surface area (Å²) in [4.78, 5) is 23.6. The van der Waals surface area contributed by atoms with Crippen molar-refractivity contribution >= 4 is 39.1 Å². The number of primary amides is 1. The molecule has 2 aromatic rings. The molecule has 0 unspecified atom stereocenters. The molecule has 1 aromatic carbocycles. The Morgan fingerprint density at radius 1 is 1.18 bits per heavy atom. The van der Waals surface area contributed by atoms with Crippen molar-refractivity contribution in [3.63, 3.8) is 0 Å². The average Bonchev–Trinajstić information content (AvgIpc) is 2.89. The average molecular weight is 383 g/mol. The number of nitrogens with one attached hydrogen (secondary N) is 1. The number of ether oxygens (including phenoxy) is 1. The fraction of sp³-hybridized carbons (Fsp3) is 0.200. The molecule has 0 atom stereocenters. The van der Waals surface area contributed by atoms with Gasteiger partial charge in [-0.3, -0.25) is 9.59 Å². The Morgan fingerprint density at radius 2 is 1.91 bits per heavy atom. The van der Waals surface area contributed by atoms with Crippen molar-refractivity contribution in [2.45, 2.75) is 13.0 Å². The minimum absolute atomic E-state index is 0.0539. The molecular weight excluding hydrogens is 368 g/mol. The summed E-state index contributed by atoms with van der Waals surface area (Å²) in [6.07, 6.45) is 0.192. The van der Waals surface area contributed by atoms with E-state index in [1.54, 1.807) is 35.6 Å². The lowest BCUT2D eigenvalue weighted by Gasteiger charge is -2.07. The number of rotatable bonds is 7. The Balaban J connectivity index is 1.74. The Morgan fingerprint density at radius 3 is 2.50 bits per heavy atom. The summed E-state index contributed by atoms with van der Waals surface area (Å²) in [5, 5.41) is 2.78. The molecule has 0 aliphatic carbocycles. The Kier molecular flexibility index (Phi) is 5.97. The molecular formula is C15H15BrN2O3S. The van der Waals surface area contributed by atoms with Crippen LogP contribution < -0.4 is 15.8 Å². The topological polar surface area (TPSA) is 81.4 Å². The zero-order chi connectivity index (χ0) is 15.9. The molecule has 22 heavy (non-hydrogen) atoms. The van der Waals surface area contributed by atoms with Crippen molar-refractivity contribution in [2.75, 3.05) is 6.61 Å². The Hall–Kier alpha value is -1.86. The number of benzene rings is 1. The van der Waals surface area contributed by atoms with Gasteiger partial charge >= 0.3 is 0 Å². The maximum Gasteiger partial charge on any atom is 0.258 e. The number of thiophene rings is 1. The summed E-state index contributed by atoms with van der Waals surface area (Å²) >= 11 is 4.95. The van der Waals surface area contributed by atoms with Crippen LogP contribution in [-0.2, 0) is 22.6 Å². The lowest BCUT2D eigenvalue weighted by atomic mass is 10.1. The predicted molar refractivity (Wildman–Crippen MR) is 88.7 cm³/mol. The number of nitrogens with two attached hydrogens (primary N) is 1. The first-order valence-corrected chi connectivity index (χ1v) is 8.15. The third kappa shape index (κ3) is 5.50. The van der Waals surface area contributed by atoms with Crippen LogP contribution in [0.5, 0.6) is 5.75 Å². The van der Waals surface area contributed by atoms with Crippen LogP contribution in [0, 0.1) is 0 Å². The van der Waals surface area contributed by atoms with Gasteiger partial charge in [0.25, 0.3) is 5.91 Å². The molecule has 0 bridgehead atoms. The van der Waals surface area contributed by atoms with Crippen LogP contribution in [0.2, 0.25) is 0 Å². The summed E-state index contributed by atoms with van der Waals surface area (Å²) in [5.74, 6) is 0.00114. The van der Waals surface area contributed by atoms with Gasteiger partial charge in [0, 0.05) is 4.88 Å². The molecule has 0 aliphatic heterocycles. The van der Waals surface area contributed by atoms with Gasteiger partial charge in [-0.05, 0) is 45.8 Å². The molecule has 0 saturated heterocycles. The maximum atomic E-state index is 11.7. The van der Waals surface area contributed by atoms with Crippen molar-refractivity contribution < 1.29 is 14.3 Å². The molecule has 0 spiro atoms. The molecule has 0 radical (unpaired) electrons. The van der Waals surface area contributed by atoms with Crippen LogP contribution in [0.25, 0.3) is 0 Å². The van der Waals surface area contributed by atoms with Crippen molar-refractivity contribution in [1.29, 1.82) is 0 Å². The van der Waals surface area contributed by atoms with Crippen molar-refractivity contribution in [3.05, 3.63) is 50.6 Å². The van der Waals surface area contributed by atoms with E-state index in [2.05, 4.69) is 21.2 Å². The summed E-state index contributed by atoms with van der Waals surface area (Å²) < 4.78 is 6.42. The highest BCUT2D eigenvalue weighted by Gasteiger charge is 2.05. The van der Waals surface area contributed by atoms with Crippen molar-refractivity contribution in [3.8, 4) is 5.75 Å². The van der Waals surface area contributed by atoms with E-state index in [0.29, 0.717) is 12.3 Å². The van der Waals surface area contributed by atoms with E-state index in [-0.39, 0.29) is 24.8 Å². The van der Waals surface area contributed by atoms with E-state index < -0.39 is 0 Å². The fourth-order valence-corrected chi connectivity index (χ4v) is 3.16. The molecule has 5 nitrogen and oxygen atoms in total. The molecule has 3 N–H and O–H groups in total. The van der Waals surface area contributed by atoms with Crippen LogP contribution in [0.1, 0.15) is 10.4 Å². The molecule has 116 valence electrons. The summed E-state index contributed by atoms with van der Waals surface area (Å²) in [6.45, 7) is 0.428. The van der Waals surface area contributed by atoms with Gasteiger partial charge in [-0.2, -0.15) is 0 Å². The first-order chi connectivity index (χ1) is 10.5. The number of hydrogen-bond donors (Lipinski definition) is 2. The number of halogens is 1. The van der Waals surface area contributed by atoms with Crippen LogP contribution in [0.3, 0.4) is 0 Å². The second kappa shape index (κ2) is 7.95. The molecule has 2 rings (SSSR count). The lowest BCUT2D eigenvalue weighted by Crippen LogP contribution is -2.28. The molecule has 2 amide bonds. The van der Waals surface area contributed by atoms with Gasteiger partial charge in [-0.1, -0.05) is 12.1 Å². The summed E-state index contributed by atoms with van der Waals surface area (Å²) in [6, 6.07) is 10.8. The van der Waals surface area contributed by atoms with Gasteiger partial charge in [0.05, 0.1) is 16.8 Å². The second-order valence-corrected chi connectivity index (χ2v) is 7.11. The monoisotopic (exact) mass is 382 g/mol. The predicted octanol–water partition coefficient (Wildman–Crippen LogP) is 2.23. The first-order valence-electron chi connectivity index (χ1n) is 6.54. The smallest absolute Gasteiger partial charge is 0.258 e. The standard InChI is InChI=1S/C15H15BrN2O3S/c16-13-6-5-12(22-13)8-18-15(20)9-21-11-3-1-10(2-4-11)7-14(17)19/h1-6H,7-9H2,(H2,17,19)(H,18,20). The van der Waals surface area contributed by atoms with Gasteiger partial charge in [0.15, 0.2) is 6.61 Å². The Bertz CT molecular complexity index is 655. The minimum atomic E-state index is -0.381. The normalized spacial score (nSPS) is 10.2. The van der Waals surface area contributed by atoms with Crippen LogP contribution >= 0.6 is 27.3 Å². The van der Waals surface area contributed by atoms with Crippen molar-refractivity contribution in [1.82, 2.24) is 5.32 Å². The summed E-state index contributed by atoms with van der Waals surface area (Å²) in [5.41, 5.74) is 5.93. The van der Waals surface area contributed by atoms with E-state index >= 15 is 0 Å². The van der Waals surface area contributed by atoms with E-state index in [1.165, 1.54) is 0 Å². The van der Waals surface area contributed by atoms with Gasteiger partial charge < -0.3 is 15.8 Å². The third-order valence-electron chi connectivity index (χ3n) is 2.76. The number of carbonyl (C=O) groups is 2. The van der Waals surface area contributed by atoms with E-state index in [4.69, 9.17) is 10.5 Å². The van der Waals surface area contributed by atoms with E-state index in [1.807, 2.05) is 12.1 Å². The highest BCUT2D eigenvalue weighted by Crippen LogP contribution is 2.21. The molecule has 1 heterocycles. The quantitative estimate of drug-likeness (QED) is 0.770. The van der Waals surface area contributed by atoms with Gasteiger partial charge in [-0.25, -0.2) is 0 Å². The highest BCUT2D eigenvalue weighted by molar-refractivity contribution is 9.11. The SMILES string of the molecule is NC(=O)Cc1ccc(OCC(=O)NCc2ccc(Br)s2)cc1. The van der Waals surface area contributed by atoms with Gasteiger partial charge in [0.1, 0.15) is 5.75 Å². The zero-order valence-corrected chi connectivity index (χ0v) is 14.1. The minimum Gasteiger partial charge on any atom is -0.484 e. The Labute approximate surface area is 140 Å². The van der Waals surface area contributed by atoms with Crippen LogP contribution in [0.15, 0.2) is 40.2 Å². The zero-order valence-electron chi connectivity index (χ0n) is 11.7.